The van der Waals surface area contributed by atoms with Gasteiger partial charge in [0.15, 0.2) is 5.96 Å². The van der Waals surface area contributed by atoms with Gasteiger partial charge in [-0.25, -0.2) is 4.68 Å². The number of benzene rings is 2. The normalized spacial score (nSPS) is 11.3. The molecule has 0 bridgehead atoms. The lowest BCUT2D eigenvalue weighted by Gasteiger charge is -2.12. The number of guanidine groups is 1. The highest BCUT2D eigenvalue weighted by atomic mass is 127. The van der Waals surface area contributed by atoms with E-state index >= 15 is 0 Å². The zero-order valence-electron chi connectivity index (χ0n) is 17.2. The molecule has 0 aliphatic rings. The lowest BCUT2D eigenvalue weighted by Crippen LogP contribution is -2.37. The van der Waals surface area contributed by atoms with Crippen LogP contribution in [0.2, 0.25) is 0 Å². The van der Waals surface area contributed by atoms with Gasteiger partial charge in [0.1, 0.15) is 0 Å². The van der Waals surface area contributed by atoms with Gasteiger partial charge in [0.2, 0.25) is 0 Å². The predicted molar refractivity (Wildman–Crippen MR) is 134 cm³/mol. The maximum atomic E-state index is 4.34. The number of nitrogens with zero attached hydrogens (tertiary/aromatic N) is 3. The van der Waals surface area contributed by atoms with Gasteiger partial charge in [-0.05, 0) is 54.3 Å². The van der Waals surface area contributed by atoms with Crippen molar-refractivity contribution in [3.8, 4) is 5.69 Å². The third kappa shape index (κ3) is 5.02. The Bertz CT molecular complexity index is 1110. The van der Waals surface area contributed by atoms with Crippen molar-refractivity contribution in [3.05, 3.63) is 83.8 Å². The fourth-order valence-corrected chi connectivity index (χ4v) is 3.60. The van der Waals surface area contributed by atoms with Crippen molar-refractivity contribution in [2.45, 2.75) is 19.9 Å². The van der Waals surface area contributed by atoms with Crippen LogP contribution in [0.1, 0.15) is 16.7 Å². The van der Waals surface area contributed by atoms with Crippen molar-refractivity contribution < 1.29 is 0 Å². The SMILES string of the molecule is CN=C(NCCc1c[nH]c2cccc(C)c12)NCc1cccc(-n2cccn2)c1.I. The summed E-state index contributed by atoms with van der Waals surface area (Å²) in [4.78, 5) is 7.71. The number of hydrogen-bond acceptors (Lipinski definition) is 2. The zero-order valence-corrected chi connectivity index (χ0v) is 19.6. The molecule has 0 aliphatic carbocycles. The molecular formula is C23H27IN6. The molecule has 3 N–H and O–H groups in total. The zero-order chi connectivity index (χ0) is 20.1. The number of aromatic amines is 1. The molecule has 156 valence electrons. The number of halogens is 1. The maximum absolute atomic E-state index is 4.34. The molecule has 0 saturated heterocycles. The molecular weight excluding hydrogens is 487 g/mol. The molecule has 4 aromatic rings. The van der Waals surface area contributed by atoms with Crippen LogP contribution in [0.15, 0.2) is 72.1 Å². The molecule has 2 heterocycles. The van der Waals surface area contributed by atoms with E-state index in [4.69, 9.17) is 0 Å². The molecule has 0 atom stereocenters. The summed E-state index contributed by atoms with van der Waals surface area (Å²) in [6, 6.07) is 16.6. The van der Waals surface area contributed by atoms with Gasteiger partial charge in [0, 0.05) is 49.6 Å². The molecule has 4 rings (SSSR count). The van der Waals surface area contributed by atoms with Gasteiger partial charge in [-0.1, -0.05) is 24.3 Å². The topological polar surface area (TPSA) is 70.0 Å². The first-order chi connectivity index (χ1) is 14.2. The Morgan fingerprint density at radius 1 is 1.13 bits per heavy atom. The molecule has 2 aromatic carbocycles. The smallest absolute Gasteiger partial charge is 0.191 e. The van der Waals surface area contributed by atoms with Gasteiger partial charge in [-0.3, -0.25) is 4.99 Å². The second kappa shape index (κ2) is 10.3. The number of rotatable bonds is 6. The largest absolute Gasteiger partial charge is 0.361 e. The summed E-state index contributed by atoms with van der Waals surface area (Å²) in [5, 5.41) is 12.4. The monoisotopic (exact) mass is 514 g/mol. The van der Waals surface area contributed by atoms with Crippen LogP contribution in [0, 0.1) is 6.92 Å². The first-order valence-electron chi connectivity index (χ1n) is 9.83. The standard InChI is InChI=1S/C23H26N6.HI/c1-17-6-3-9-21-22(17)19(16-26-21)10-12-25-23(24-2)27-15-18-7-4-8-20(14-18)29-13-5-11-28-29;/h3-9,11,13-14,16,26H,10,12,15H2,1-2H3,(H2,24,25,27);1H. The Hall–Kier alpha value is -2.81. The first-order valence-corrected chi connectivity index (χ1v) is 9.83. The molecule has 0 radical (unpaired) electrons. The van der Waals surface area contributed by atoms with Crippen molar-refractivity contribution in [1.82, 2.24) is 25.4 Å². The third-order valence-electron chi connectivity index (χ3n) is 5.05. The average molecular weight is 514 g/mol. The number of aromatic nitrogens is 3. The van der Waals surface area contributed by atoms with Gasteiger partial charge in [0.05, 0.1) is 5.69 Å². The van der Waals surface area contributed by atoms with E-state index in [2.05, 4.69) is 69.2 Å². The van der Waals surface area contributed by atoms with Crippen molar-refractivity contribution in [2.75, 3.05) is 13.6 Å². The number of H-pyrrole nitrogens is 1. The Morgan fingerprint density at radius 2 is 2.00 bits per heavy atom. The quantitative estimate of drug-likeness (QED) is 0.205. The van der Waals surface area contributed by atoms with E-state index in [0.29, 0.717) is 6.54 Å². The van der Waals surface area contributed by atoms with Crippen LogP contribution in [-0.2, 0) is 13.0 Å². The third-order valence-corrected chi connectivity index (χ3v) is 5.05. The summed E-state index contributed by atoms with van der Waals surface area (Å²) in [6.45, 7) is 3.67. The van der Waals surface area contributed by atoms with Crippen LogP contribution in [0.4, 0.5) is 0 Å². The minimum atomic E-state index is 0. The Balaban J connectivity index is 0.00000256. The van der Waals surface area contributed by atoms with Gasteiger partial charge in [0.25, 0.3) is 0 Å². The first kappa shape index (κ1) is 21.9. The summed E-state index contributed by atoms with van der Waals surface area (Å²) in [5.41, 5.74) is 6.05. The van der Waals surface area contributed by atoms with E-state index in [1.807, 2.05) is 29.1 Å². The molecule has 0 fully saturated rings. The molecule has 0 spiro atoms. The van der Waals surface area contributed by atoms with E-state index in [9.17, 15) is 0 Å². The van der Waals surface area contributed by atoms with Crippen molar-refractivity contribution in [3.63, 3.8) is 0 Å². The summed E-state index contributed by atoms with van der Waals surface area (Å²) < 4.78 is 1.86. The number of aryl methyl sites for hydroxylation is 1. The predicted octanol–water partition coefficient (Wildman–Crippen LogP) is 4.19. The van der Waals surface area contributed by atoms with Crippen molar-refractivity contribution >= 4 is 40.8 Å². The second-order valence-corrected chi connectivity index (χ2v) is 7.03. The van der Waals surface area contributed by atoms with Gasteiger partial charge in [-0.2, -0.15) is 5.10 Å². The number of fused-ring (bicyclic) bond motifs is 1. The van der Waals surface area contributed by atoms with Gasteiger partial charge < -0.3 is 15.6 Å². The van der Waals surface area contributed by atoms with E-state index in [1.165, 1.54) is 27.6 Å². The van der Waals surface area contributed by atoms with Crippen LogP contribution < -0.4 is 10.6 Å². The Kier molecular flexibility index (Phi) is 7.51. The summed E-state index contributed by atoms with van der Waals surface area (Å²) in [6.07, 6.45) is 6.77. The molecule has 6 nitrogen and oxygen atoms in total. The van der Waals surface area contributed by atoms with Crippen LogP contribution in [0.5, 0.6) is 0 Å². The maximum Gasteiger partial charge on any atom is 0.191 e. The number of hydrogen-bond donors (Lipinski definition) is 3. The molecule has 0 amide bonds. The lowest BCUT2D eigenvalue weighted by molar-refractivity contribution is 0.794. The minimum Gasteiger partial charge on any atom is -0.361 e. The highest BCUT2D eigenvalue weighted by molar-refractivity contribution is 14.0. The molecule has 0 aliphatic heterocycles. The lowest BCUT2D eigenvalue weighted by atomic mass is 10.1. The fourth-order valence-electron chi connectivity index (χ4n) is 3.60. The van der Waals surface area contributed by atoms with E-state index in [0.717, 1.165) is 24.6 Å². The summed E-state index contributed by atoms with van der Waals surface area (Å²) in [7, 11) is 1.80. The van der Waals surface area contributed by atoms with Crippen LogP contribution in [0.3, 0.4) is 0 Å². The Labute approximate surface area is 193 Å². The second-order valence-electron chi connectivity index (χ2n) is 7.03. The number of nitrogens with one attached hydrogen (secondary N) is 3. The van der Waals surface area contributed by atoms with Crippen LogP contribution in [0.25, 0.3) is 16.6 Å². The summed E-state index contributed by atoms with van der Waals surface area (Å²) >= 11 is 0. The number of aliphatic imine (C=N–C) groups is 1. The molecule has 2 aromatic heterocycles. The highest BCUT2D eigenvalue weighted by Crippen LogP contribution is 2.22. The molecule has 0 unspecified atom stereocenters. The molecule has 7 heteroatoms. The van der Waals surface area contributed by atoms with Crippen molar-refractivity contribution in [1.29, 1.82) is 0 Å². The van der Waals surface area contributed by atoms with Gasteiger partial charge >= 0.3 is 0 Å². The molecule has 30 heavy (non-hydrogen) atoms. The van der Waals surface area contributed by atoms with Crippen LogP contribution >= 0.6 is 24.0 Å². The highest BCUT2D eigenvalue weighted by Gasteiger charge is 2.06. The fraction of sp³-hybridized carbons (Fsp3) is 0.217. The Morgan fingerprint density at radius 3 is 2.80 bits per heavy atom. The van der Waals surface area contributed by atoms with E-state index in [1.54, 1.807) is 13.2 Å². The van der Waals surface area contributed by atoms with E-state index < -0.39 is 0 Å². The van der Waals surface area contributed by atoms with Crippen LogP contribution in [-0.4, -0.2) is 34.3 Å². The molecule has 0 saturated carbocycles. The van der Waals surface area contributed by atoms with E-state index in [-0.39, 0.29) is 24.0 Å². The summed E-state index contributed by atoms with van der Waals surface area (Å²) in [5.74, 6) is 0.797. The van der Waals surface area contributed by atoms with Crippen molar-refractivity contribution in [2.24, 2.45) is 4.99 Å². The van der Waals surface area contributed by atoms with Gasteiger partial charge in [-0.15, -0.1) is 24.0 Å². The average Bonchev–Trinajstić information content (AvgIpc) is 3.42. The minimum absolute atomic E-state index is 0.